The summed E-state index contributed by atoms with van der Waals surface area (Å²) >= 11 is 0. The highest BCUT2D eigenvalue weighted by Gasteiger charge is 2.35. The Morgan fingerprint density at radius 2 is 2.11 bits per heavy atom. The topological polar surface area (TPSA) is 70.6 Å². The number of piperazine rings is 1. The van der Waals surface area contributed by atoms with Crippen molar-refractivity contribution in [3.8, 4) is 0 Å². The number of fused-ring (bicyclic) bond motifs is 1. The van der Waals surface area contributed by atoms with Crippen LogP contribution in [0.2, 0.25) is 0 Å². The Kier molecular flexibility index (Phi) is 4.63. The molecule has 3 N–H and O–H groups in total. The minimum absolute atomic E-state index is 0.0395. The maximum Gasteiger partial charge on any atom is 0.332 e. The van der Waals surface area contributed by atoms with Crippen molar-refractivity contribution in [1.82, 2.24) is 10.6 Å². The molecule has 6 atom stereocenters. The van der Waals surface area contributed by atoms with Crippen LogP contribution in [0, 0.1) is 0 Å². The van der Waals surface area contributed by atoms with E-state index in [0.717, 1.165) is 19.1 Å². The average molecular weight is 306 g/mol. The standard InChI is InChI=1S/C12H24N2O3P2/c15-19(16)8-18-7-10(17-19)5-9-6-13-11-3-1-2-4-12(11)14-9/h9-14,18H,1-8H2,(H,15,16)/t9?,10?,11-,12-/m1/s1. The quantitative estimate of drug-likeness (QED) is 0.674. The fraction of sp³-hybridized carbons (Fsp3) is 1.00. The van der Waals surface area contributed by atoms with Crippen LogP contribution < -0.4 is 10.6 Å². The minimum atomic E-state index is -3.28. The van der Waals surface area contributed by atoms with Gasteiger partial charge in [-0.05, 0) is 25.4 Å². The van der Waals surface area contributed by atoms with Gasteiger partial charge in [0.25, 0.3) is 0 Å². The van der Waals surface area contributed by atoms with Crippen LogP contribution in [-0.4, -0.2) is 47.7 Å². The first kappa shape index (κ1) is 14.4. The van der Waals surface area contributed by atoms with E-state index in [-0.39, 0.29) is 6.10 Å². The number of hydrogen-bond acceptors (Lipinski definition) is 4. The second kappa shape index (κ2) is 6.09. The van der Waals surface area contributed by atoms with E-state index in [1.54, 1.807) is 0 Å². The molecule has 1 saturated carbocycles. The molecule has 5 nitrogen and oxygen atoms in total. The summed E-state index contributed by atoms with van der Waals surface area (Å²) in [6, 6.07) is 1.59. The van der Waals surface area contributed by atoms with Gasteiger partial charge in [-0.3, -0.25) is 4.57 Å². The predicted octanol–water partition coefficient (Wildman–Crippen LogP) is 1.47. The molecule has 2 saturated heterocycles. The van der Waals surface area contributed by atoms with Crippen LogP contribution in [-0.2, 0) is 9.09 Å². The molecular weight excluding hydrogens is 282 g/mol. The molecule has 110 valence electrons. The first-order valence-electron chi connectivity index (χ1n) is 7.33. The molecule has 3 fully saturated rings. The molecule has 1 aliphatic carbocycles. The van der Waals surface area contributed by atoms with E-state index in [1.165, 1.54) is 25.7 Å². The monoisotopic (exact) mass is 306 g/mol. The summed E-state index contributed by atoms with van der Waals surface area (Å²) in [6.45, 7) is 0.958. The van der Waals surface area contributed by atoms with Gasteiger partial charge >= 0.3 is 7.60 Å². The minimum Gasteiger partial charge on any atom is -0.324 e. The zero-order valence-electron chi connectivity index (χ0n) is 11.2. The summed E-state index contributed by atoms with van der Waals surface area (Å²) in [5, 5.41) is 7.35. The van der Waals surface area contributed by atoms with Crippen molar-refractivity contribution in [2.24, 2.45) is 0 Å². The zero-order chi connectivity index (χ0) is 13.3. The lowest BCUT2D eigenvalue weighted by Gasteiger charge is -2.42. The molecule has 3 rings (SSSR count). The summed E-state index contributed by atoms with van der Waals surface area (Å²) < 4.78 is 17.0. The number of nitrogens with one attached hydrogen (secondary N) is 2. The van der Waals surface area contributed by atoms with Crippen LogP contribution >= 0.6 is 16.2 Å². The van der Waals surface area contributed by atoms with Crippen LogP contribution in [0.3, 0.4) is 0 Å². The average Bonchev–Trinajstić information content (AvgIpc) is 2.37. The van der Waals surface area contributed by atoms with Gasteiger partial charge in [0.1, 0.15) is 0 Å². The van der Waals surface area contributed by atoms with E-state index in [0.29, 0.717) is 32.6 Å². The van der Waals surface area contributed by atoms with E-state index in [1.807, 2.05) is 0 Å². The molecule has 0 amide bonds. The molecule has 19 heavy (non-hydrogen) atoms. The first-order valence-corrected chi connectivity index (χ1v) is 10.5. The van der Waals surface area contributed by atoms with E-state index in [4.69, 9.17) is 4.52 Å². The molecule has 2 aliphatic heterocycles. The van der Waals surface area contributed by atoms with Crippen molar-refractivity contribution in [3.05, 3.63) is 0 Å². The SMILES string of the molecule is O=P1(O)CPCC(CC2CN[C@@H]3CCCC[C@H]3N2)O1. The van der Waals surface area contributed by atoms with Crippen molar-refractivity contribution in [2.75, 3.05) is 18.6 Å². The van der Waals surface area contributed by atoms with Crippen LogP contribution in [0.4, 0.5) is 0 Å². The highest BCUT2D eigenvalue weighted by Crippen LogP contribution is 2.53. The van der Waals surface area contributed by atoms with Gasteiger partial charge in [-0.1, -0.05) is 12.8 Å². The molecule has 0 aromatic heterocycles. The fourth-order valence-electron chi connectivity index (χ4n) is 3.50. The maximum absolute atomic E-state index is 11.6. The Morgan fingerprint density at radius 3 is 2.89 bits per heavy atom. The van der Waals surface area contributed by atoms with Crippen LogP contribution in [0.1, 0.15) is 32.1 Å². The Balaban J connectivity index is 1.51. The second-order valence-electron chi connectivity index (χ2n) is 5.98. The van der Waals surface area contributed by atoms with Crippen LogP contribution in [0.25, 0.3) is 0 Å². The molecule has 7 heteroatoms. The molecule has 3 aliphatic rings. The Bertz CT molecular complexity index is 369. The first-order chi connectivity index (χ1) is 9.12. The maximum atomic E-state index is 11.6. The molecular formula is C12H24N2O3P2. The molecule has 2 heterocycles. The largest absolute Gasteiger partial charge is 0.332 e. The van der Waals surface area contributed by atoms with Crippen molar-refractivity contribution in [1.29, 1.82) is 0 Å². The van der Waals surface area contributed by atoms with Crippen molar-refractivity contribution in [2.45, 2.75) is 56.3 Å². The van der Waals surface area contributed by atoms with Gasteiger partial charge in [0.05, 0.1) is 12.0 Å². The Labute approximate surface area is 116 Å². The molecule has 0 bridgehead atoms. The third-order valence-corrected chi connectivity index (χ3v) is 8.25. The van der Waals surface area contributed by atoms with E-state index in [2.05, 4.69) is 10.6 Å². The van der Waals surface area contributed by atoms with Gasteiger partial charge in [-0.2, -0.15) is 0 Å². The molecule has 0 radical (unpaired) electrons. The van der Waals surface area contributed by atoms with Gasteiger partial charge in [0.2, 0.25) is 0 Å². The second-order valence-corrected chi connectivity index (χ2v) is 9.64. The molecule has 0 aromatic carbocycles. The van der Waals surface area contributed by atoms with Crippen molar-refractivity contribution in [3.63, 3.8) is 0 Å². The summed E-state index contributed by atoms with van der Waals surface area (Å²) in [7, 11) is -2.71. The summed E-state index contributed by atoms with van der Waals surface area (Å²) in [4.78, 5) is 9.57. The summed E-state index contributed by atoms with van der Waals surface area (Å²) in [5.41, 5.74) is 0. The highest BCUT2D eigenvalue weighted by molar-refractivity contribution is 7.65. The molecule has 4 unspecified atom stereocenters. The predicted molar refractivity (Wildman–Crippen MR) is 78.3 cm³/mol. The Hall–Kier alpha value is 0.500. The smallest absolute Gasteiger partial charge is 0.324 e. The van der Waals surface area contributed by atoms with E-state index in [9.17, 15) is 9.46 Å². The van der Waals surface area contributed by atoms with Gasteiger partial charge in [0, 0.05) is 24.7 Å². The van der Waals surface area contributed by atoms with Gasteiger partial charge in [-0.25, -0.2) is 0 Å². The van der Waals surface area contributed by atoms with E-state index >= 15 is 0 Å². The highest BCUT2D eigenvalue weighted by atomic mass is 31.2. The summed E-state index contributed by atoms with van der Waals surface area (Å²) in [5.74, 6) is 0.352. The molecule has 0 aromatic rings. The zero-order valence-corrected chi connectivity index (χ0v) is 13.1. The lowest BCUT2D eigenvalue weighted by Crippen LogP contribution is -2.62. The third-order valence-electron chi connectivity index (χ3n) is 4.39. The van der Waals surface area contributed by atoms with Crippen LogP contribution in [0.5, 0.6) is 0 Å². The number of hydrogen-bond donors (Lipinski definition) is 3. The van der Waals surface area contributed by atoms with Gasteiger partial charge in [0.15, 0.2) is 0 Å². The fourth-order valence-corrected chi connectivity index (χ4v) is 6.78. The Morgan fingerprint density at radius 1 is 1.32 bits per heavy atom. The molecule has 0 spiro atoms. The van der Waals surface area contributed by atoms with Crippen molar-refractivity contribution >= 4 is 16.2 Å². The lowest BCUT2D eigenvalue weighted by molar-refractivity contribution is 0.141. The number of rotatable bonds is 2. The summed E-state index contributed by atoms with van der Waals surface area (Å²) in [6.07, 6.45) is 6.93. The van der Waals surface area contributed by atoms with Crippen LogP contribution in [0.15, 0.2) is 0 Å². The normalized spacial score (nSPS) is 48.9. The lowest BCUT2D eigenvalue weighted by atomic mass is 9.87. The van der Waals surface area contributed by atoms with Gasteiger partial charge in [-0.15, -0.1) is 8.58 Å². The third kappa shape index (κ3) is 3.78. The van der Waals surface area contributed by atoms with Crippen molar-refractivity contribution < 1.29 is 14.0 Å². The van der Waals surface area contributed by atoms with Gasteiger partial charge < -0.3 is 20.1 Å². The van der Waals surface area contributed by atoms with E-state index < -0.39 is 7.60 Å².